The molecule has 1 aliphatic heterocycles. The van der Waals surface area contributed by atoms with Gasteiger partial charge in [-0.05, 0) is 60.5 Å². The van der Waals surface area contributed by atoms with E-state index >= 15 is 0 Å². The van der Waals surface area contributed by atoms with Crippen LogP contribution in [0.5, 0.6) is 0 Å². The summed E-state index contributed by atoms with van der Waals surface area (Å²) in [6, 6.07) is 15.6. The highest BCUT2D eigenvalue weighted by atomic mass is 35.5. The molecule has 0 N–H and O–H groups in total. The predicted molar refractivity (Wildman–Crippen MR) is 147 cm³/mol. The molecule has 0 spiro atoms. The van der Waals surface area contributed by atoms with Crippen LogP contribution in [0.2, 0.25) is 10.0 Å². The van der Waals surface area contributed by atoms with E-state index in [9.17, 15) is 24.4 Å². The predicted octanol–water partition coefficient (Wildman–Crippen LogP) is 5.85. The topological polar surface area (TPSA) is 117 Å². The molecule has 198 valence electrons. The van der Waals surface area contributed by atoms with Crippen molar-refractivity contribution in [2.75, 3.05) is 11.5 Å². The summed E-state index contributed by atoms with van der Waals surface area (Å²) in [6.07, 6.45) is -0.0544. The van der Waals surface area contributed by atoms with Crippen molar-refractivity contribution in [3.8, 4) is 6.07 Å². The number of hydrogen-bond donors (Lipinski definition) is 0. The Morgan fingerprint density at radius 3 is 2.49 bits per heavy atom. The Balaban J connectivity index is 1.42. The summed E-state index contributed by atoms with van der Waals surface area (Å²) in [5, 5.41) is 9.64. The average Bonchev–Trinajstić information content (AvgIpc) is 3.19. The van der Waals surface area contributed by atoms with Gasteiger partial charge in [-0.2, -0.15) is 5.26 Å². The third-order valence-corrected chi connectivity index (χ3v) is 7.62. The summed E-state index contributed by atoms with van der Waals surface area (Å²) < 4.78 is 5.10. The molecule has 0 radical (unpaired) electrons. The first kappa shape index (κ1) is 28.3. The highest BCUT2D eigenvalue weighted by molar-refractivity contribution is 8.00. The smallest absolute Gasteiger partial charge is 0.338 e. The van der Waals surface area contributed by atoms with Gasteiger partial charge in [0.25, 0.3) is 0 Å². The zero-order chi connectivity index (χ0) is 28.3. The molecule has 1 unspecified atom stereocenters. The monoisotopic (exact) mass is 581 g/mol. The highest BCUT2D eigenvalue weighted by Crippen LogP contribution is 2.35. The van der Waals surface area contributed by atoms with Gasteiger partial charge in [0.05, 0.1) is 27.1 Å². The van der Waals surface area contributed by atoms with Crippen molar-refractivity contribution in [1.82, 2.24) is 4.98 Å². The number of benzene rings is 2. The van der Waals surface area contributed by atoms with E-state index < -0.39 is 35.4 Å². The molecule has 0 saturated carbocycles. The summed E-state index contributed by atoms with van der Waals surface area (Å²) in [5.41, 5.74) is 1.72. The van der Waals surface area contributed by atoms with Crippen LogP contribution >= 0.6 is 35.0 Å². The number of thioether (sulfide) groups is 1. The Kier molecular flexibility index (Phi) is 8.70. The van der Waals surface area contributed by atoms with Crippen LogP contribution in [0.15, 0.2) is 59.6 Å². The van der Waals surface area contributed by atoms with E-state index in [0.29, 0.717) is 15.6 Å². The summed E-state index contributed by atoms with van der Waals surface area (Å²) in [6.45, 7) is 3.42. The van der Waals surface area contributed by atoms with Crippen molar-refractivity contribution < 1.29 is 23.9 Å². The fourth-order valence-electron chi connectivity index (χ4n) is 3.81. The van der Waals surface area contributed by atoms with E-state index in [-0.39, 0.29) is 34.2 Å². The normalized spacial score (nSPS) is 15.0. The zero-order valence-corrected chi connectivity index (χ0v) is 23.1. The van der Waals surface area contributed by atoms with Crippen LogP contribution in [-0.4, -0.2) is 40.4 Å². The molecule has 2 heterocycles. The first-order chi connectivity index (χ1) is 18.6. The number of carbonyl (C=O) groups excluding carboxylic acids is 4. The summed E-state index contributed by atoms with van der Waals surface area (Å²) in [4.78, 5) is 56.3. The number of hydrogen-bond acceptors (Lipinski definition) is 8. The molecule has 1 saturated heterocycles. The minimum atomic E-state index is -0.757. The van der Waals surface area contributed by atoms with Gasteiger partial charge in [-0.3, -0.25) is 14.4 Å². The van der Waals surface area contributed by atoms with Gasteiger partial charge >= 0.3 is 5.97 Å². The number of esters is 1. The van der Waals surface area contributed by atoms with Gasteiger partial charge in [0.1, 0.15) is 11.1 Å². The fraction of sp³-hybridized carbons (Fsp3) is 0.214. The Morgan fingerprint density at radius 1 is 1.13 bits per heavy atom. The van der Waals surface area contributed by atoms with Crippen molar-refractivity contribution in [3.05, 3.63) is 87.0 Å². The lowest BCUT2D eigenvalue weighted by molar-refractivity contribution is -0.121. The molecule has 8 nitrogen and oxygen atoms in total. The van der Waals surface area contributed by atoms with Crippen LogP contribution in [-0.2, 0) is 14.3 Å². The molecule has 1 aliphatic rings. The molecule has 2 amide bonds. The van der Waals surface area contributed by atoms with Gasteiger partial charge in [-0.1, -0.05) is 48.8 Å². The highest BCUT2D eigenvalue weighted by Gasteiger charge is 2.40. The van der Waals surface area contributed by atoms with Gasteiger partial charge in [0.15, 0.2) is 6.61 Å². The molecule has 0 aliphatic carbocycles. The van der Waals surface area contributed by atoms with Crippen LogP contribution in [0.25, 0.3) is 0 Å². The largest absolute Gasteiger partial charge is 0.454 e. The van der Waals surface area contributed by atoms with Crippen molar-refractivity contribution in [1.29, 1.82) is 5.26 Å². The van der Waals surface area contributed by atoms with Crippen molar-refractivity contribution in [3.63, 3.8) is 0 Å². The number of nitrogens with zero attached hydrogens (tertiary/aromatic N) is 3. The lowest BCUT2D eigenvalue weighted by Gasteiger charge is -2.16. The Morgan fingerprint density at radius 2 is 1.85 bits per heavy atom. The lowest BCUT2D eigenvalue weighted by Crippen LogP contribution is -2.31. The molecule has 39 heavy (non-hydrogen) atoms. The maximum Gasteiger partial charge on any atom is 0.338 e. The zero-order valence-electron chi connectivity index (χ0n) is 20.8. The van der Waals surface area contributed by atoms with E-state index in [1.54, 1.807) is 12.1 Å². The number of imide groups is 1. The fourth-order valence-corrected chi connectivity index (χ4v) is 5.42. The number of ketones is 1. The third-order valence-electron chi connectivity index (χ3n) is 5.88. The second-order valence-corrected chi connectivity index (χ2v) is 10.9. The number of pyridine rings is 1. The quantitative estimate of drug-likeness (QED) is 0.185. The number of anilines is 1. The second-order valence-electron chi connectivity index (χ2n) is 8.90. The van der Waals surface area contributed by atoms with E-state index in [1.807, 2.05) is 13.8 Å². The third kappa shape index (κ3) is 6.31. The average molecular weight is 582 g/mol. The molecular weight excluding hydrogens is 561 g/mol. The summed E-state index contributed by atoms with van der Waals surface area (Å²) in [7, 11) is 0. The molecule has 2 aromatic carbocycles. The molecular formula is C28H21Cl2N3O5S. The van der Waals surface area contributed by atoms with Gasteiger partial charge in [0, 0.05) is 22.7 Å². The number of ether oxygens (including phenoxy) is 1. The number of nitriles is 1. The van der Waals surface area contributed by atoms with E-state index in [4.69, 9.17) is 27.9 Å². The second kappa shape index (κ2) is 12.0. The van der Waals surface area contributed by atoms with Crippen LogP contribution < -0.4 is 4.90 Å². The molecule has 1 aromatic heterocycles. The van der Waals surface area contributed by atoms with Gasteiger partial charge in [-0.15, -0.1) is 0 Å². The number of carbonyl (C=O) groups is 4. The van der Waals surface area contributed by atoms with Crippen LogP contribution in [0.4, 0.5) is 5.69 Å². The molecule has 4 rings (SSSR count). The summed E-state index contributed by atoms with van der Waals surface area (Å²) >= 11 is 13.0. The number of aromatic nitrogens is 1. The molecule has 3 aromatic rings. The van der Waals surface area contributed by atoms with E-state index in [0.717, 1.165) is 22.4 Å². The minimum absolute atomic E-state index is 0.0544. The Labute approximate surface area is 238 Å². The first-order valence-electron chi connectivity index (χ1n) is 11.8. The standard InChI is InChI=1S/C28H21Cl2N3O5S/c1-15(2)22-10-5-17(13-31)26(32-22)39-24-12-25(35)33(27(24)36)19-7-3-16(4-8-19)28(37)38-14-23(34)20-9-6-18(29)11-21(20)30/h3-11,15,24H,12,14H2,1-2H3. The van der Waals surface area contributed by atoms with E-state index in [2.05, 4.69) is 11.1 Å². The maximum atomic E-state index is 13.1. The molecule has 0 bridgehead atoms. The summed E-state index contributed by atoms with van der Waals surface area (Å²) in [5.74, 6) is -1.96. The lowest BCUT2D eigenvalue weighted by atomic mass is 10.1. The van der Waals surface area contributed by atoms with Gasteiger partial charge in [0.2, 0.25) is 17.6 Å². The van der Waals surface area contributed by atoms with Crippen LogP contribution in [0.3, 0.4) is 0 Å². The molecule has 11 heteroatoms. The Bertz CT molecular complexity index is 1520. The van der Waals surface area contributed by atoms with Crippen molar-refractivity contribution in [2.45, 2.75) is 36.5 Å². The number of rotatable bonds is 8. The Hall–Kier alpha value is -3.71. The van der Waals surface area contributed by atoms with Crippen LogP contribution in [0, 0.1) is 11.3 Å². The first-order valence-corrected chi connectivity index (χ1v) is 13.4. The van der Waals surface area contributed by atoms with E-state index in [1.165, 1.54) is 42.5 Å². The minimum Gasteiger partial charge on any atom is -0.454 e. The molecule has 1 fully saturated rings. The van der Waals surface area contributed by atoms with Crippen LogP contribution in [0.1, 0.15) is 58.2 Å². The maximum absolute atomic E-state index is 13.1. The SMILES string of the molecule is CC(C)c1ccc(C#N)c(SC2CC(=O)N(c3ccc(C(=O)OCC(=O)c4ccc(Cl)cc4Cl)cc3)C2=O)n1. The van der Waals surface area contributed by atoms with Gasteiger partial charge in [-0.25, -0.2) is 14.7 Å². The number of Topliss-reactive ketones (excluding diaryl/α,β-unsaturated/α-hetero) is 1. The van der Waals surface area contributed by atoms with Crippen molar-refractivity contribution >= 4 is 64.2 Å². The number of halogens is 2. The van der Waals surface area contributed by atoms with Crippen molar-refractivity contribution in [2.24, 2.45) is 0 Å². The molecule has 1 atom stereocenters. The van der Waals surface area contributed by atoms with Gasteiger partial charge < -0.3 is 4.74 Å². The number of amides is 2.